The number of carbonyl (C=O) groups is 1. The molecule has 0 bridgehead atoms. The molecule has 0 aromatic heterocycles. The van der Waals surface area contributed by atoms with Gasteiger partial charge < -0.3 is 0 Å². The molecule has 3 heteroatoms. The Morgan fingerprint density at radius 1 is 1.33 bits per heavy atom. The molecule has 1 amide bonds. The van der Waals surface area contributed by atoms with E-state index in [4.69, 9.17) is 0 Å². The first-order valence-corrected chi connectivity index (χ1v) is 4.73. The fourth-order valence-corrected chi connectivity index (χ4v) is 1.94. The molecule has 1 N–H and O–H groups in total. The van der Waals surface area contributed by atoms with E-state index in [2.05, 4.69) is 5.43 Å². The molecule has 0 aromatic carbocycles. The predicted octanol–water partition coefficient (Wildman–Crippen LogP) is 1.30. The molecular weight excluding hydrogens is 152 g/mol. The van der Waals surface area contributed by atoms with Crippen molar-refractivity contribution in [2.24, 2.45) is 0 Å². The standard InChI is InChI=1S/C9H18N2O/c1-8(12)11(10-2)9-6-4-3-5-7-9/h9-10H,3-7H2,1-2H3. The molecule has 3 nitrogen and oxygen atoms in total. The van der Waals surface area contributed by atoms with Gasteiger partial charge in [0.25, 0.3) is 0 Å². The second-order valence-electron chi connectivity index (χ2n) is 3.40. The Labute approximate surface area is 74.1 Å². The summed E-state index contributed by atoms with van der Waals surface area (Å²) < 4.78 is 0. The van der Waals surface area contributed by atoms with E-state index < -0.39 is 0 Å². The number of nitrogens with zero attached hydrogens (tertiary/aromatic N) is 1. The lowest BCUT2D eigenvalue weighted by Gasteiger charge is -2.32. The van der Waals surface area contributed by atoms with Crippen molar-refractivity contribution >= 4 is 5.91 Å². The van der Waals surface area contributed by atoms with Crippen LogP contribution in [0.3, 0.4) is 0 Å². The Morgan fingerprint density at radius 2 is 1.92 bits per heavy atom. The molecule has 1 aliphatic carbocycles. The summed E-state index contributed by atoms with van der Waals surface area (Å²) in [4.78, 5) is 11.1. The van der Waals surface area contributed by atoms with Crippen LogP contribution in [0, 0.1) is 0 Å². The summed E-state index contributed by atoms with van der Waals surface area (Å²) in [6, 6.07) is 0.432. The SMILES string of the molecule is CNN(C(C)=O)C1CCCCC1. The maximum Gasteiger partial charge on any atom is 0.233 e. The number of hydrazine groups is 1. The largest absolute Gasteiger partial charge is 0.275 e. The molecule has 70 valence electrons. The summed E-state index contributed by atoms with van der Waals surface area (Å²) >= 11 is 0. The van der Waals surface area contributed by atoms with Crippen LogP contribution in [0.1, 0.15) is 39.0 Å². The van der Waals surface area contributed by atoms with Crippen molar-refractivity contribution in [3.05, 3.63) is 0 Å². The van der Waals surface area contributed by atoms with Crippen LogP contribution < -0.4 is 5.43 Å². The molecule has 0 atom stereocenters. The van der Waals surface area contributed by atoms with E-state index in [1.54, 1.807) is 11.9 Å². The highest BCUT2D eigenvalue weighted by atomic mass is 16.2. The van der Waals surface area contributed by atoms with Crippen molar-refractivity contribution in [3.63, 3.8) is 0 Å². The maximum absolute atomic E-state index is 11.1. The van der Waals surface area contributed by atoms with Crippen molar-refractivity contribution < 1.29 is 4.79 Å². The molecule has 0 aliphatic heterocycles. The van der Waals surface area contributed by atoms with Gasteiger partial charge in [-0.15, -0.1) is 0 Å². The zero-order valence-electron chi connectivity index (χ0n) is 7.97. The highest BCUT2D eigenvalue weighted by Gasteiger charge is 2.21. The second kappa shape index (κ2) is 4.45. The highest BCUT2D eigenvalue weighted by Crippen LogP contribution is 2.21. The van der Waals surface area contributed by atoms with E-state index in [0.717, 1.165) is 12.8 Å². The van der Waals surface area contributed by atoms with Crippen LogP contribution in [-0.4, -0.2) is 24.0 Å². The summed E-state index contributed by atoms with van der Waals surface area (Å²) in [6.45, 7) is 1.62. The lowest BCUT2D eigenvalue weighted by molar-refractivity contribution is -0.135. The summed E-state index contributed by atoms with van der Waals surface area (Å²) in [5.41, 5.74) is 2.96. The van der Waals surface area contributed by atoms with E-state index in [1.165, 1.54) is 19.3 Å². The van der Waals surface area contributed by atoms with Gasteiger partial charge in [-0.25, -0.2) is 5.43 Å². The number of carbonyl (C=O) groups excluding carboxylic acids is 1. The summed E-state index contributed by atoms with van der Waals surface area (Å²) in [5.74, 6) is 0.129. The Bertz CT molecular complexity index is 153. The minimum atomic E-state index is 0.129. The smallest absolute Gasteiger partial charge is 0.233 e. The van der Waals surface area contributed by atoms with Crippen LogP contribution in [-0.2, 0) is 4.79 Å². The molecule has 0 radical (unpaired) electrons. The minimum Gasteiger partial charge on any atom is -0.275 e. The first-order valence-electron chi connectivity index (χ1n) is 4.73. The normalized spacial score (nSPS) is 19.2. The van der Waals surface area contributed by atoms with Crippen molar-refractivity contribution in [2.45, 2.75) is 45.1 Å². The van der Waals surface area contributed by atoms with E-state index in [1.807, 2.05) is 7.05 Å². The number of hydrogen-bond acceptors (Lipinski definition) is 2. The van der Waals surface area contributed by atoms with Gasteiger partial charge in [0.15, 0.2) is 0 Å². The second-order valence-corrected chi connectivity index (χ2v) is 3.40. The topological polar surface area (TPSA) is 32.3 Å². The predicted molar refractivity (Wildman–Crippen MR) is 48.5 cm³/mol. The Balaban J connectivity index is 2.46. The number of hydrogen-bond donors (Lipinski definition) is 1. The summed E-state index contributed by atoms with van der Waals surface area (Å²) in [7, 11) is 1.82. The van der Waals surface area contributed by atoms with Gasteiger partial charge in [-0.05, 0) is 12.8 Å². The average molecular weight is 170 g/mol. The summed E-state index contributed by atoms with van der Waals surface area (Å²) in [6.07, 6.45) is 6.15. The molecule has 0 saturated heterocycles. The highest BCUT2D eigenvalue weighted by molar-refractivity contribution is 5.73. The lowest BCUT2D eigenvalue weighted by Crippen LogP contribution is -2.47. The van der Waals surface area contributed by atoms with E-state index in [-0.39, 0.29) is 5.91 Å². The molecule has 0 heterocycles. The van der Waals surface area contributed by atoms with Gasteiger partial charge in [-0.3, -0.25) is 9.80 Å². The quantitative estimate of drug-likeness (QED) is 0.634. The molecule has 1 aliphatic rings. The Kier molecular flexibility index (Phi) is 3.53. The van der Waals surface area contributed by atoms with E-state index in [0.29, 0.717) is 6.04 Å². The zero-order valence-corrected chi connectivity index (χ0v) is 7.97. The first kappa shape index (κ1) is 9.52. The van der Waals surface area contributed by atoms with E-state index in [9.17, 15) is 4.79 Å². The first-order chi connectivity index (χ1) is 5.75. The zero-order chi connectivity index (χ0) is 8.97. The summed E-state index contributed by atoms with van der Waals surface area (Å²) in [5, 5.41) is 1.76. The number of nitrogens with one attached hydrogen (secondary N) is 1. The molecule has 1 saturated carbocycles. The Morgan fingerprint density at radius 3 is 2.33 bits per heavy atom. The third-order valence-corrected chi connectivity index (χ3v) is 2.52. The molecule has 0 aromatic rings. The van der Waals surface area contributed by atoms with Crippen LogP contribution in [0.15, 0.2) is 0 Å². The van der Waals surface area contributed by atoms with Crippen LogP contribution in [0.5, 0.6) is 0 Å². The van der Waals surface area contributed by atoms with Gasteiger partial charge >= 0.3 is 0 Å². The number of amides is 1. The van der Waals surface area contributed by atoms with Gasteiger partial charge in [0.2, 0.25) is 5.91 Å². The van der Waals surface area contributed by atoms with Gasteiger partial charge in [0, 0.05) is 20.0 Å². The fourth-order valence-electron chi connectivity index (χ4n) is 1.94. The molecule has 1 fully saturated rings. The van der Waals surface area contributed by atoms with Crippen LogP contribution in [0.25, 0.3) is 0 Å². The molecule has 0 unspecified atom stereocenters. The van der Waals surface area contributed by atoms with Crippen molar-refractivity contribution in [2.75, 3.05) is 7.05 Å². The van der Waals surface area contributed by atoms with Crippen LogP contribution in [0.4, 0.5) is 0 Å². The van der Waals surface area contributed by atoms with Gasteiger partial charge in [0.1, 0.15) is 0 Å². The third kappa shape index (κ3) is 2.21. The Hall–Kier alpha value is -0.570. The number of rotatable bonds is 2. The van der Waals surface area contributed by atoms with Crippen molar-refractivity contribution in [1.82, 2.24) is 10.4 Å². The van der Waals surface area contributed by atoms with Crippen LogP contribution in [0.2, 0.25) is 0 Å². The maximum atomic E-state index is 11.1. The molecule has 1 rings (SSSR count). The lowest BCUT2D eigenvalue weighted by atomic mass is 9.95. The molecule has 12 heavy (non-hydrogen) atoms. The van der Waals surface area contributed by atoms with Gasteiger partial charge in [0.05, 0.1) is 0 Å². The van der Waals surface area contributed by atoms with Gasteiger partial charge in [-0.2, -0.15) is 0 Å². The molecule has 0 spiro atoms. The monoisotopic (exact) mass is 170 g/mol. The van der Waals surface area contributed by atoms with E-state index >= 15 is 0 Å². The fraction of sp³-hybridized carbons (Fsp3) is 0.889. The van der Waals surface area contributed by atoms with Crippen LogP contribution >= 0.6 is 0 Å². The molecular formula is C9H18N2O. The van der Waals surface area contributed by atoms with Gasteiger partial charge in [-0.1, -0.05) is 19.3 Å². The third-order valence-electron chi connectivity index (χ3n) is 2.52. The van der Waals surface area contributed by atoms with Crippen molar-refractivity contribution in [1.29, 1.82) is 0 Å². The average Bonchev–Trinajstić information content (AvgIpc) is 2.07. The minimum absolute atomic E-state index is 0.129. The van der Waals surface area contributed by atoms with Crippen molar-refractivity contribution in [3.8, 4) is 0 Å².